The minimum atomic E-state index is 0.00748. The van der Waals surface area contributed by atoms with Gasteiger partial charge in [-0.15, -0.1) is 0 Å². The van der Waals surface area contributed by atoms with Crippen molar-refractivity contribution in [3.05, 3.63) is 66.2 Å². The molecule has 0 aliphatic carbocycles. The number of nitrogens with zero attached hydrogens (tertiary/aromatic N) is 3. The molecular formula is C21H24N4O2. The summed E-state index contributed by atoms with van der Waals surface area (Å²) in [6.45, 7) is 3.02. The molecule has 0 aliphatic heterocycles. The van der Waals surface area contributed by atoms with E-state index in [-0.39, 0.29) is 5.91 Å². The third kappa shape index (κ3) is 5.17. The Kier molecular flexibility index (Phi) is 6.20. The first-order chi connectivity index (χ1) is 13.2. The average Bonchev–Trinajstić information content (AvgIpc) is 3.12. The van der Waals surface area contributed by atoms with Crippen LogP contribution in [0.2, 0.25) is 0 Å². The molecule has 2 heterocycles. The molecule has 3 aromatic rings. The van der Waals surface area contributed by atoms with Gasteiger partial charge in [-0.1, -0.05) is 18.2 Å². The normalized spacial score (nSPS) is 10.6. The second kappa shape index (κ2) is 8.98. The summed E-state index contributed by atoms with van der Waals surface area (Å²) < 4.78 is 7.36. The second-order valence-corrected chi connectivity index (χ2v) is 6.30. The van der Waals surface area contributed by atoms with Crippen LogP contribution in [0.1, 0.15) is 24.5 Å². The number of rotatable bonds is 8. The Balaban J connectivity index is 1.54. The lowest BCUT2D eigenvalue weighted by Crippen LogP contribution is -2.23. The van der Waals surface area contributed by atoms with Crippen molar-refractivity contribution in [2.45, 2.75) is 26.3 Å². The quantitative estimate of drug-likeness (QED) is 0.667. The molecular weight excluding hydrogens is 340 g/mol. The third-order valence-electron chi connectivity index (χ3n) is 4.22. The van der Waals surface area contributed by atoms with Crippen LogP contribution >= 0.6 is 0 Å². The van der Waals surface area contributed by atoms with Gasteiger partial charge in [0.1, 0.15) is 5.75 Å². The van der Waals surface area contributed by atoms with E-state index < -0.39 is 0 Å². The summed E-state index contributed by atoms with van der Waals surface area (Å²) in [5.41, 5.74) is 4.00. The smallest absolute Gasteiger partial charge is 0.220 e. The van der Waals surface area contributed by atoms with Crippen LogP contribution in [0.4, 0.5) is 0 Å². The monoisotopic (exact) mass is 364 g/mol. The number of carbonyl (C=O) groups is 1. The topological polar surface area (TPSA) is 69.0 Å². The van der Waals surface area contributed by atoms with E-state index in [9.17, 15) is 4.79 Å². The van der Waals surface area contributed by atoms with Crippen LogP contribution in [-0.2, 0) is 24.8 Å². The Labute approximate surface area is 159 Å². The summed E-state index contributed by atoms with van der Waals surface area (Å²) in [5.74, 6) is 0.856. The van der Waals surface area contributed by atoms with Gasteiger partial charge in [0.2, 0.25) is 5.91 Å². The van der Waals surface area contributed by atoms with E-state index >= 15 is 0 Å². The van der Waals surface area contributed by atoms with Crippen LogP contribution in [0.25, 0.3) is 11.1 Å². The van der Waals surface area contributed by atoms with Crippen LogP contribution in [0.3, 0.4) is 0 Å². The molecule has 0 fully saturated rings. The van der Waals surface area contributed by atoms with Gasteiger partial charge in [0.15, 0.2) is 0 Å². The molecule has 0 spiro atoms. The summed E-state index contributed by atoms with van der Waals surface area (Å²) in [6, 6.07) is 9.86. The lowest BCUT2D eigenvalue weighted by molar-refractivity contribution is -0.121. The molecule has 0 saturated carbocycles. The van der Waals surface area contributed by atoms with Gasteiger partial charge in [-0.05, 0) is 36.6 Å². The number of amides is 1. The van der Waals surface area contributed by atoms with E-state index in [1.54, 1.807) is 23.3 Å². The van der Waals surface area contributed by atoms with Gasteiger partial charge in [-0.25, -0.2) is 0 Å². The first-order valence-electron chi connectivity index (χ1n) is 9.06. The summed E-state index contributed by atoms with van der Waals surface area (Å²) in [7, 11) is 1.88. The van der Waals surface area contributed by atoms with Crippen molar-refractivity contribution in [3.8, 4) is 16.9 Å². The van der Waals surface area contributed by atoms with Gasteiger partial charge in [-0.3, -0.25) is 14.5 Å². The van der Waals surface area contributed by atoms with E-state index in [1.165, 1.54) is 0 Å². The third-order valence-corrected chi connectivity index (χ3v) is 4.22. The molecule has 6 nitrogen and oxygen atoms in total. The second-order valence-electron chi connectivity index (χ2n) is 6.30. The highest BCUT2D eigenvalue weighted by molar-refractivity contribution is 5.76. The van der Waals surface area contributed by atoms with Crippen LogP contribution < -0.4 is 10.1 Å². The zero-order chi connectivity index (χ0) is 19.1. The maximum absolute atomic E-state index is 12.2. The zero-order valence-corrected chi connectivity index (χ0v) is 15.7. The molecule has 0 unspecified atom stereocenters. The Morgan fingerprint density at radius 1 is 1.19 bits per heavy atom. The number of para-hydroxylation sites is 1. The highest BCUT2D eigenvalue weighted by atomic mass is 16.5. The van der Waals surface area contributed by atoms with E-state index in [0.717, 1.165) is 28.0 Å². The van der Waals surface area contributed by atoms with Crippen LogP contribution in [0, 0.1) is 0 Å². The largest absolute Gasteiger partial charge is 0.494 e. The number of ether oxygens (including phenoxy) is 1. The first-order valence-corrected chi connectivity index (χ1v) is 9.06. The van der Waals surface area contributed by atoms with Gasteiger partial charge >= 0.3 is 0 Å². The predicted octanol–water partition coefficient (Wildman–Crippen LogP) is 3.13. The number of carbonyl (C=O) groups excluding carboxylic acids is 1. The molecule has 0 atom stereocenters. The molecule has 1 N–H and O–H groups in total. The number of benzene rings is 1. The molecule has 27 heavy (non-hydrogen) atoms. The van der Waals surface area contributed by atoms with Gasteiger partial charge in [0, 0.05) is 49.7 Å². The molecule has 0 saturated heterocycles. The van der Waals surface area contributed by atoms with Crippen molar-refractivity contribution in [1.29, 1.82) is 0 Å². The number of pyridine rings is 1. The van der Waals surface area contributed by atoms with E-state index in [1.807, 2.05) is 50.5 Å². The Hall–Kier alpha value is -3.15. The standard InChI is InChI=1S/C21H24N4O2/c1-3-27-20-7-5-4-6-17(20)8-9-21(26)23-12-16-10-18(13-22-11-16)19-14-24-25(2)15-19/h4-7,10-11,13-15H,3,8-9,12H2,1-2H3,(H,23,26). The molecule has 140 valence electrons. The number of hydrogen-bond donors (Lipinski definition) is 1. The maximum Gasteiger partial charge on any atom is 0.220 e. The maximum atomic E-state index is 12.2. The van der Waals surface area contributed by atoms with E-state index in [4.69, 9.17) is 4.74 Å². The minimum absolute atomic E-state index is 0.00748. The van der Waals surface area contributed by atoms with Gasteiger partial charge in [0.05, 0.1) is 12.8 Å². The van der Waals surface area contributed by atoms with E-state index in [2.05, 4.69) is 15.4 Å². The fraction of sp³-hybridized carbons (Fsp3) is 0.286. The van der Waals surface area contributed by atoms with E-state index in [0.29, 0.717) is 26.0 Å². The van der Waals surface area contributed by atoms with Crippen molar-refractivity contribution in [3.63, 3.8) is 0 Å². The molecule has 1 aromatic carbocycles. The van der Waals surface area contributed by atoms with Crippen molar-refractivity contribution >= 4 is 5.91 Å². The fourth-order valence-corrected chi connectivity index (χ4v) is 2.86. The fourth-order valence-electron chi connectivity index (χ4n) is 2.86. The number of nitrogens with one attached hydrogen (secondary N) is 1. The van der Waals surface area contributed by atoms with Crippen LogP contribution in [0.5, 0.6) is 5.75 Å². The summed E-state index contributed by atoms with van der Waals surface area (Å²) >= 11 is 0. The molecule has 3 rings (SSSR count). The highest BCUT2D eigenvalue weighted by Gasteiger charge is 2.08. The number of hydrogen-bond acceptors (Lipinski definition) is 4. The SMILES string of the molecule is CCOc1ccccc1CCC(=O)NCc1cncc(-c2cnn(C)c2)c1. The Morgan fingerprint density at radius 3 is 2.81 bits per heavy atom. The highest BCUT2D eigenvalue weighted by Crippen LogP contribution is 2.20. The van der Waals surface area contributed by atoms with Crippen LogP contribution in [-0.4, -0.2) is 27.3 Å². The van der Waals surface area contributed by atoms with Crippen molar-refractivity contribution in [2.75, 3.05) is 6.61 Å². The van der Waals surface area contributed by atoms with Crippen molar-refractivity contribution < 1.29 is 9.53 Å². The summed E-state index contributed by atoms with van der Waals surface area (Å²) in [5, 5.41) is 7.14. The van der Waals surface area contributed by atoms with Crippen molar-refractivity contribution in [1.82, 2.24) is 20.1 Å². The number of aryl methyl sites for hydroxylation is 2. The van der Waals surface area contributed by atoms with Crippen LogP contribution in [0.15, 0.2) is 55.1 Å². The molecule has 0 radical (unpaired) electrons. The lowest BCUT2D eigenvalue weighted by atomic mass is 10.1. The average molecular weight is 364 g/mol. The Bertz CT molecular complexity index is 904. The Morgan fingerprint density at radius 2 is 2.04 bits per heavy atom. The molecule has 6 heteroatoms. The zero-order valence-electron chi connectivity index (χ0n) is 15.7. The number of aromatic nitrogens is 3. The van der Waals surface area contributed by atoms with Gasteiger partial charge < -0.3 is 10.1 Å². The lowest BCUT2D eigenvalue weighted by Gasteiger charge is -2.10. The molecule has 1 amide bonds. The van der Waals surface area contributed by atoms with Crippen molar-refractivity contribution in [2.24, 2.45) is 7.05 Å². The molecule has 2 aromatic heterocycles. The molecule has 0 aliphatic rings. The summed E-state index contributed by atoms with van der Waals surface area (Å²) in [4.78, 5) is 16.5. The van der Waals surface area contributed by atoms with Gasteiger partial charge in [-0.2, -0.15) is 5.10 Å². The first kappa shape index (κ1) is 18.6. The molecule has 0 bridgehead atoms. The minimum Gasteiger partial charge on any atom is -0.494 e. The van der Waals surface area contributed by atoms with Gasteiger partial charge in [0.25, 0.3) is 0 Å². The summed E-state index contributed by atoms with van der Waals surface area (Å²) in [6.07, 6.45) is 8.37. The predicted molar refractivity (Wildman–Crippen MR) is 104 cm³/mol.